The first-order valence-corrected chi connectivity index (χ1v) is 8.71. The second kappa shape index (κ2) is 6.32. The zero-order valence-corrected chi connectivity index (χ0v) is 13.3. The molecule has 2 saturated heterocycles. The molecule has 2 atom stereocenters. The Morgan fingerprint density at radius 3 is 3.00 bits per heavy atom. The van der Waals surface area contributed by atoms with Crippen LogP contribution in [0.25, 0.3) is 0 Å². The van der Waals surface area contributed by atoms with E-state index in [1.165, 1.54) is 37.1 Å². The summed E-state index contributed by atoms with van der Waals surface area (Å²) in [6.07, 6.45) is 5.22. The quantitative estimate of drug-likeness (QED) is 0.913. The van der Waals surface area contributed by atoms with Crippen LogP contribution in [0, 0.1) is 6.92 Å². The van der Waals surface area contributed by atoms with Gasteiger partial charge in [-0.05, 0) is 32.7 Å². The van der Waals surface area contributed by atoms with E-state index in [-0.39, 0.29) is 10.8 Å². The highest BCUT2D eigenvalue weighted by atomic mass is 32.1. The zero-order chi connectivity index (χ0) is 14.8. The van der Waals surface area contributed by atoms with E-state index in [9.17, 15) is 9.59 Å². The Kier molecular flexibility index (Phi) is 4.45. The summed E-state index contributed by atoms with van der Waals surface area (Å²) < 4.78 is 1.69. The number of nitrogens with zero attached hydrogens (tertiary/aromatic N) is 2. The Labute approximate surface area is 129 Å². The molecular weight excluding hydrogens is 286 g/mol. The Morgan fingerprint density at radius 1 is 1.38 bits per heavy atom. The van der Waals surface area contributed by atoms with Gasteiger partial charge in [0.15, 0.2) is 0 Å². The van der Waals surface area contributed by atoms with E-state index in [1.807, 2.05) is 12.3 Å². The summed E-state index contributed by atoms with van der Waals surface area (Å²) >= 11 is 1.20. The zero-order valence-electron chi connectivity index (χ0n) is 12.5. The summed E-state index contributed by atoms with van der Waals surface area (Å²) in [7, 11) is 0. The Balaban J connectivity index is 1.51. The fourth-order valence-electron chi connectivity index (χ4n) is 3.58. The molecular formula is C15H23N3O2S. The molecule has 3 heterocycles. The van der Waals surface area contributed by atoms with Crippen molar-refractivity contribution in [3.8, 4) is 0 Å². The van der Waals surface area contributed by atoms with Gasteiger partial charge >= 0.3 is 4.87 Å². The van der Waals surface area contributed by atoms with Gasteiger partial charge in [-0.3, -0.25) is 14.5 Å². The number of piperidine rings is 1. The first-order valence-electron chi connectivity index (χ1n) is 7.83. The molecule has 0 spiro atoms. The number of amides is 1. The van der Waals surface area contributed by atoms with Gasteiger partial charge in [0.25, 0.3) is 0 Å². The first-order chi connectivity index (χ1) is 10.1. The second-order valence-electron chi connectivity index (χ2n) is 6.11. The molecule has 21 heavy (non-hydrogen) atoms. The molecule has 2 aliphatic rings. The Morgan fingerprint density at radius 2 is 2.24 bits per heavy atom. The van der Waals surface area contributed by atoms with E-state index in [0.29, 0.717) is 25.0 Å². The lowest BCUT2D eigenvalue weighted by Gasteiger charge is -2.32. The lowest BCUT2D eigenvalue weighted by molar-refractivity contribution is -0.122. The van der Waals surface area contributed by atoms with E-state index in [1.54, 1.807) is 4.57 Å². The van der Waals surface area contributed by atoms with Gasteiger partial charge in [0, 0.05) is 42.7 Å². The minimum absolute atomic E-state index is 0.0274. The number of thiazole rings is 1. The van der Waals surface area contributed by atoms with Crippen molar-refractivity contribution in [2.24, 2.45) is 0 Å². The molecule has 0 saturated carbocycles. The number of fused-ring (bicyclic) bond motifs is 1. The predicted molar refractivity (Wildman–Crippen MR) is 83.7 cm³/mol. The third-order valence-electron chi connectivity index (χ3n) is 4.74. The molecule has 1 aromatic rings. The molecule has 1 aromatic heterocycles. The second-order valence-corrected chi connectivity index (χ2v) is 6.93. The van der Waals surface area contributed by atoms with Gasteiger partial charge in [-0.1, -0.05) is 17.8 Å². The lowest BCUT2D eigenvalue weighted by atomic mass is 9.99. The minimum atomic E-state index is 0.0274. The average Bonchev–Trinajstić information content (AvgIpc) is 3.02. The van der Waals surface area contributed by atoms with Crippen molar-refractivity contribution >= 4 is 17.2 Å². The average molecular weight is 309 g/mol. The van der Waals surface area contributed by atoms with Crippen LogP contribution < -0.4 is 10.2 Å². The van der Waals surface area contributed by atoms with E-state index in [4.69, 9.17) is 0 Å². The molecule has 6 heteroatoms. The van der Waals surface area contributed by atoms with Crippen LogP contribution in [0.15, 0.2) is 10.2 Å². The van der Waals surface area contributed by atoms with Gasteiger partial charge < -0.3 is 9.88 Å². The molecule has 3 rings (SSSR count). The summed E-state index contributed by atoms with van der Waals surface area (Å²) in [6.45, 7) is 4.69. The van der Waals surface area contributed by atoms with Crippen molar-refractivity contribution in [1.29, 1.82) is 0 Å². The number of hydrogen-bond donors (Lipinski definition) is 1. The highest BCUT2D eigenvalue weighted by Gasteiger charge is 2.35. The smallest absolute Gasteiger partial charge is 0.307 e. The summed E-state index contributed by atoms with van der Waals surface area (Å²) in [5, 5.41) is 5.03. The fourth-order valence-corrected chi connectivity index (χ4v) is 4.34. The number of aromatic nitrogens is 1. The van der Waals surface area contributed by atoms with E-state index >= 15 is 0 Å². The SMILES string of the molecule is Cc1csc(=O)n1CCC(=O)N[C@@H]1CCN2CCCC[C@H]12. The van der Waals surface area contributed by atoms with Crippen LogP contribution in [0.5, 0.6) is 0 Å². The van der Waals surface area contributed by atoms with E-state index in [0.717, 1.165) is 18.7 Å². The summed E-state index contributed by atoms with van der Waals surface area (Å²) in [5.74, 6) is 0.0740. The molecule has 0 unspecified atom stereocenters. The van der Waals surface area contributed by atoms with Gasteiger partial charge in [0.1, 0.15) is 0 Å². The van der Waals surface area contributed by atoms with Crippen molar-refractivity contribution in [3.05, 3.63) is 20.7 Å². The highest BCUT2D eigenvalue weighted by molar-refractivity contribution is 7.07. The van der Waals surface area contributed by atoms with E-state index in [2.05, 4.69) is 10.2 Å². The maximum atomic E-state index is 12.1. The molecule has 0 aromatic carbocycles. The normalized spacial score (nSPS) is 25.8. The number of nitrogens with one attached hydrogen (secondary N) is 1. The lowest BCUT2D eigenvalue weighted by Crippen LogP contribution is -2.47. The number of carbonyl (C=O) groups is 1. The highest BCUT2D eigenvalue weighted by Crippen LogP contribution is 2.27. The largest absolute Gasteiger partial charge is 0.352 e. The molecule has 0 radical (unpaired) electrons. The van der Waals surface area contributed by atoms with Crippen molar-refractivity contribution in [3.63, 3.8) is 0 Å². The number of carbonyl (C=O) groups excluding carboxylic acids is 1. The summed E-state index contributed by atoms with van der Waals surface area (Å²) in [4.78, 5) is 26.3. The van der Waals surface area contributed by atoms with Gasteiger partial charge in [0.05, 0.1) is 0 Å². The summed E-state index contributed by atoms with van der Waals surface area (Å²) in [5.41, 5.74) is 0.942. The van der Waals surface area contributed by atoms with Gasteiger partial charge in [-0.2, -0.15) is 0 Å². The summed E-state index contributed by atoms with van der Waals surface area (Å²) in [6, 6.07) is 0.839. The molecule has 2 fully saturated rings. The van der Waals surface area contributed by atoms with Crippen LogP contribution in [0.3, 0.4) is 0 Å². The minimum Gasteiger partial charge on any atom is -0.352 e. The monoisotopic (exact) mass is 309 g/mol. The molecule has 0 bridgehead atoms. The van der Waals surface area contributed by atoms with E-state index < -0.39 is 0 Å². The first kappa shape index (κ1) is 14.8. The predicted octanol–water partition coefficient (Wildman–Crippen LogP) is 1.35. The van der Waals surface area contributed by atoms with Crippen LogP contribution in [-0.4, -0.2) is 40.5 Å². The Bertz CT molecular complexity index is 566. The van der Waals surface area contributed by atoms with Crippen LogP contribution in [-0.2, 0) is 11.3 Å². The number of rotatable bonds is 4. The number of aryl methyl sites for hydroxylation is 1. The molecule has 1 amide bonds. The van der Waals surface area contributed by atoms with Crippen LogP contribution in [0.2, 0.25) is 0 Å². The van der Waals surface area contributed by atoms with Crippen molar-refractivity contribution in [2.75, 3.05) is 13.1 Å². The van der Waals surface area contributed by atoms with Crippen molar-refractivity contribution in [1.82, 2.24) is 14.8 Å². The molecule has 1 N–H and O–H groups in total. The maximum absolute atomic E-state index is 12.1. The number of hydrogen-bond acceptors (Lipinski definition) is 4. The fraction of sp³-hybridized carbons (Fsp3) is 0.733. The van der Waals surface area contributed by atoms with Crippen LogP contribution in [0.4, 0.5) is 0 Å². The molecule has 2 aliphatic heterocycles. The van der Waals surface area contributed by atoms with Crippen LogP contribution in [0.1, 0.15) is 37.8 Å². The topological polar surface area (TPSA) is 54.3 Å². The van der Waals surface area contributed by atoms with Gasteiger partial charge in [-0.25, -0.2) is 0 Å². The maximum Gasteiger partial charge on any atom is 0.307 e. The van der Waals surface area contributed by atoms with Gasteiger partial charge in [-0.15, -0.1) is 0 Å². The van der Waals surface area contributed by atoms with Crippen molar-refractivity contribution in [2.45, 2.75) is 57.7 Å². The Hall–Kier alpha value is -1.14. The molecule has 116 valence electrons. The van der Waals surface area contributed by atoms with Crippen LogP contribution >= 0.6 is 11.3 Å². The molecule has 0 aliphatic carbocycles. The standard InChI is InChI=1S/C15H23N3O2S/c1-11-10-21-15(20)18(11)9-6-14(19)16-12-5-8-17-7-3-2-4-13(12)17/h10,12-13H,2-9H2,1H3,(H,16,19)/t12-,13-/m1/s1. The third kappa shape index (κ3) is 3.21. The third-order valence-corrected chi connectivity index (χ3v) is 5.62. The van der Waals surface area contributed by atoms with Gasteiger partial charge in [0.2, 0.25) is 5.91 Å². The van der Waals surface area contributed by atoms with Crippen molar-refractivity contribution < 1.29 is 4.79 Å². The molecule has 5 nitrogen and oxygen atoms in total.